The Morgan fingerprint density at radius 1 is 0.370 bits per heavy atom. The van der Waals surface area contributed by atoms with Crippen LogP contribution in [0.25, 0.3) is 0 Å². The number of carboxylic acids is 1. The summed E-state index contributed by atoms with van der Waals surface area (Å²) in [4.78, 5) is 37.5. The Kier molecular flexibility index (Phi) is 58.0. The van der Waals surface area contributed by atoms with Gasteiger partial charge in [-0.25, -0.2) is 4.79 Å². The highest BCUT2D eigenvalue weighted by Gasteiger charge is 2.25. The second-order valence-corrected chi connectivity index (χ2v) is 22.3. The molecule has 9 heteroatoms. The molecular formula is C72H120NO8+. The number of carbonyl (C=O) groups excluding carboxylic acids is 2. The highest BCUT2D eigenvalue weighted by atomic mass is 16.7. The van der Waals surface area contributed by atoms with E-state index in [-0.39, 0.29) is 38.6 Å². The fourth-order valence-electron chi connectivity index (χ4n) is 8.51. The van der Waals surface area contributed by atoms with Crippen molar-refractivity contribution in [2.24, 2.45) is 0 Å². The Morgan fingerprint density at radius 3 is 0.988 bits per heavy atom. The van der Waals surface area contributed by atoms with Crippen LogP contribution in [0.2, 0.25) is 0 Å². The van der Waals surface area contributed by atoms with Crippen molar-refractivity contribution in [3.63, 3.8) is 0 Å². The first-order valence-electron chi connectivity index (χ1n) is 32.3. The molecule has 0 aliphatic carbocycles. The van der Waals surface area contributed by atoms with Gasteiger partial charge in [-0.2, -0.15) is 0 Å². The van der Waals surface area contributed by atoms with Crippen molar-refractivity contribution < 1.29 is 42.9 Å². The fourth-order valence-corrected chi connectivity index (χ4v) is 8.51. The van der Waals surface area contributed by atoms with Crippen LogP contribution in [-0.2, 0) is 33.3 Å². The number of aliphatic carboxylic acids is 1. The van der Waals surface area contributed by atoms with E-state index >= 15 is 0 Å². The molecule has 0 bridgehead atoms. The van der Waals surface area contributed by atoms with Gasteiger partial charge in [0.15, 0.2) is 6.10 Å². The molecule has 0 aliphatic rings. The molecule has 0 amide bonds. The highest BCUT2D eigenvalue weighted by Crippen LogP contribution is 2.16. The van der Waals surface area contributed by atoms with E-state index in [1.54, 1.807) is 0 Å². The summed E-state index contributed by atoms with van der Waals surface area (Å²) in [6.45, 7) is 4.64. The van der Waals surface area contributed by atoms with Gasteiger partial charge in [0.25, 0.3) is 6.29 Å². The molecule has 0 aromatic heterocycles. The van der Waals surface area contributed by atoms with Crippen LogP contribution in [0.4, 0.5) is 0 Å². The van der Waals surface area contributed by atoms with Gasteiger partial charge in [-0.05, 0) is 109 Å². The standard InChI is InChI=1S/C72H119NO8/c1-6-8-10-12-14-16-18-20-22-24-26-28-29-30-31-32-33-34-35-36-37-38-39-40-41-43-45-47-49-51-53-55-57-59-61-63-70(75)81-68(67-80-72(71(76)77)78-65-64-73(3,4)5)66-79-69(74)62-60-58-56-54-52-50-48-46-44-42-27-25-23-21-19-17-15-13-11-9-7-2/h8-11,14-17,20-23,26-28,30-31,33-34,36-37,42,68,72H,6-7,12-13,18-19,24-25,29,32,35,38-41,43-67H2,1-5H3/p+1/b10-8-,11-9-,16-14-,17-15-,22-20-,23-21-,28-26-,31-30-,34-33-,37-36-,42-27-. The van der Waals surface area contributed by atoms with Gasteiger partial charge in [-0.1, -0.05) is 257 Å². The average Bonchev–Trinajstić information content (AvgIpc) is 3.44. The van der Waals surface area contributed by atoms with Crippen LogP contribution in [0.3, 0.4) is 0 Å². The fraction of sp³-hybridized carbons (Fsp3) is 0.653. The predicted molar refractivity (Wildman–Crippen MR) is 345 cm³/mol. The van der Waals surface area contributed by atoms with Crippen LogP contribution in [0.5, 0.6) is 0 Å². The van der Waals surface area contributed by atoms with Crippen LogP contribution in [0.1, 0.15) is 245 Å². The van der Waals surface area contributed by atoms with Gasteiger partial charge in [0.1, 0.15) is 13.2 Å². The number of carboxylic acid groups (broad SMARTS) is 1. The molecule has 0 aromatic carbocycles. The lowest BCUT2D eigenvalue weighted by Crippen LogP contribution is -2.40. The minimum Gasteiger partial charge on any atom is -0.477 e. The first kappa shape index (κ1) is 76.4. The smallest absolute Gasteiger partial charge is 0.361 e. The Morgan fingerprint density at radius 2 is 0.667 bits per heavy atom. The summed E-state index contributed by atoms with van der Waals surface area (Å²) in [5, 5.41) is 9.73. The topological polar surface area (TPSA) is 108 Å². The molecule has 460 valence electrons. The molecule has 0 saturated carbocycles. The number of hydrogen-bond acceptors (Lipinski definition) is 7. The number of nitrogens with zero attached hydrogens (tertiary/aromatic N) is 1. The molecule has 81 heavy (non-hydrogen) atoms. The van der Waals surface area contributed by atoms with Gasteiger partial charge in [0.2, 0.25) is 0 Å². The second kappa shape index (κ2) is 61.5. The molecule has 0 radical (unpaired) electrons. The Bertz CT molecular complexity index is 1790. The van der Waals surface area contributed by atoms with Crippen molar-refractivity contribution in [3.8, 4) is 0 Å². The van der Waals surface area contributed by atoms with Crippen molar-refractivity contribution in [2.75, 3.05) is 47.5 Å². The van der Waals surface area contributed by atoms with Crippen molar-refractivity contribution in [1.29, 1.82) is 0 Å². The van der Waals surface area contributed by atoms with E-state index in [4.69, 9.17) is 18.9 Å². The Balaban J connectivity index is 4.18. The largest absolute Gasteiger partial charge is 0.477 e. The Hall–Kier alpha value is -4.57. The summed E-state index contributed by atoms with van der Waals surface area (Å²) in [6, 6.07) is 0. The van der Waals surface area contributed by atoms with Gasteiger partial charge in [0, 0.05) is 12.8 Å². The zero-order valence-corrected chi connectivity index (χ0v) is 52.4. The maximum Gasteiger partial charge on any atom is 0.361 e. The van der Waals surface area contributed by atoms with E-state index in [0.717, 1.165) is 122 Å². The maximum atomic E-state index is 12.9. The molecule has 0 aromatic rings. The highest BCUT2D eigenvalue weighted by molar-refractivity contribution is 5.71. The molecule has 0 heterocycles. The summed E-state index contributed by atoms with van der Waals surface area (Å²) in [5.41, 5.74) is 0. The normalized spacial score (nSPS) is 13.6. The zero-order valence-electron chi connectivity index (χ0n) is 52.4. The van der Waals surface area contributed by atoms with Crippen molar-refractivity contribution in [2.45, 2.75) is 257 Å². The van der Waals surface area contributed by atoms with Crippen LogP contribution in [0, 0.1) is 0 Å². The van der Waals surface area contributed by atoms with Crippen LogP contribution >= 0.6 is 0 Å². The molecule has 2 atom stereocenters. The van der Waals surface area contributed by atoms with E-state index in [1.807, 2.05) is 21.1 Å². The van der Waals surface area contributed by atoms with Gasteiger partial charge >= 0.3 is 17.9 Å². The number of quaternary nitrogens is 1. The molecule has 0 aliphatic heterocycles. The number of hydrogen-bond donors (Lipinski definition) is 1. The monoisotopic (exact) mass is 1130 g/mol. The SMILES string of the molecule is CC/C=C\C/C=C\C/C=C\C/C=C\C/C=C\C/C=C\C/C=C\CCCCCCCCCCCCCCCC(=O)OC(COC(=O)CCCCCCCCCC/C=C\C/C=C\C/C=C\C/C=C\CC)COC(OCC[N+](C)(C)C)C(=O)O. The minimum atomic E-state index is -1.52. The molecule has 2 unspecified atom stereocenters. The van der Waals surface area contributed by atoms with Gasteiger partial charge in [-0.15, -0.1) is 0 Å². The summed E-state index contributed by atoms with van der Waals surface area (Å²) < 4.78 is 22.9. The molecule has 9 nitrogen and oxygen atoms in total. The second-order valence-electron chi connectivity index (χ2n) is 22.3. The third-order valence-corrected chi connectivity index (χ3v) is 13.4. The van der Waals surface area contributed by atoms with Crippen LogP contribution < -0.4 is 0 Å². The Labute approximate surface area is 497 Å². The first-order chi connectivity index (χ1) is 39.6. The quantitative estimate of drug-likeness (QED) is 0.0211. The maximum absolute atomic E-state index is 12.9. The number of unbranched alkanes of at least 4 members (excludes halogenated alkanes) is 21. The van der Waals surface area contributed by atoms with Gasteiger partial charge in [-0.3, -0.25) is 9.59 Å². The summed E-state index contributed by atoms with van der Waals surface area (Å²) in [5.74, 6) is -2.02. The number of carbonyl (C=O) groups is 3. The lowest BCUT2D eigenvalue weighted by molar-refractivity contribution is -0.870. The van der Waals surface area contributed by atoms with Crippen molar-refractivity contribution in [1.82, 2.24) is 0 Å². The molecular weight excluding hydrogens is 1010 g/mol. The third kappa shape index (κ3) is 62.9. The molecule has 1 N–H and O–H groups in total. The molecule has 0 fully saturated rings. The number of esters is 2. The molecule has 0 rings (SSSR count). The molecule has 0 saturated heterocycles. The third-order valence-electron chi connectivity index (χ3n) is 13.4. The van der Waals surface area contributed by atoms with Crippen LogP contribution in [-0.4, -0.2) is 87.4 Å². The predicted octanol–water partition coefficient (Wildman–Crippen LogP) is 19.8. The average molecular weight is 1130 g/mol. The lowest BCUT2D eigenvalue weighted by atomic mass is 10.0. The summed E-state index contributed by atoms with van der Waals surface area (Å²) in [7, 11) is 5.96. The molecule has 0 spiro atoms. The van der Waals surface area contributed by atoms with Crippen molar-refractivity contribution >= 4 is 17.9 Å². The van der Waals surface area contributed by atoms with E-state index < -0.39 is 24.3 Å². The number of rotatable bonds is 58. The lowest BCUT2D eigenvalue weighted by Gasteiger charge is -2.25. The number of allylic oxidation sites excluding steroid dienone is 22. The van der Waals surface area contributed by atoms with Gasteiger partial charge in [0.05, 0.1) is 34.4 Å². The summed E-state index contributed by atoms with van der Waals surface area (Å²) >= 11 is 0. The zero-order chi connectivity index (χ0) is 59.1. The van der Waals surface area contributed by atoms with E-state index in [9.17, 15) is 19.5 Å². The van der Waals surface area contributed by atoms with E-state index in [1.165, 1.54) is 89.9 Å². The van der Waals surface area contributed by atoms with Gasteiger partial charge < -0.3 is 28.5 Å². The summed E-state index contributed by atoms with van der Waals surface area (Å²) in [6.07, 6.45) is 85.4. The number of likely N-dealkylation sites (N-methyl/N-ethyl adjacent to an activating group) is 1. The number of ether oxygens (including phenoxy) is 4. The minimum absolute atomic E-state index is 0.180. The first-order valence-corrected chi connectivity index (χ1v) is 32.3. The van der Waals surface area contributed by atoms with Crippen LogP contribution in [0.15, 0.2) is 134 Å². The van der Waals surface area contributed by atoms with Crippen molar-refractivity contribution in [3.05, 3.63) is 134 Å². The van der Waals surface area contributed by atoms with E-state index in [0.29, 0.717) is 17.4 Å². The van der Waals surface area contributed by atoms with E-state index in [2.05, 4.69) is 148 Å².